The number of benzene rings is 1. The molecule has 0 N–H and O–H groups in total. The lowest BCUT2D eigenvalue weighted by atomic mass is 9.85. The topological polar surface area (TPSA) is 29.5 Å². The number of rotatable bonds is 0. The van der Waals surface area contributed by atoms with Crippen molar-refractivity contribution in [3.63, 3.8) is 0 Å². The molecule has 2 aliphatic heterocycles. The summed E-state index contributed by atoms with van der Waals surface area (Å²) >= 11 is 3.40. The SMILES string of the molecule is CN1CC[C@@H]2Oc3ccc(Br)cc3C(=O)[C@H]2C1. The molecule has 0 aromatic heterocycles. The van der Waals surface area contributed by atoms with E-state index in [9.17, 15) is 4.79 Å². The van der Waals surface area contributed by atoms with E-state index in [-0.39, 0.29) is 17.8 Å². The van der Waals surface area contributed by atoms with Gasteiger partial charge in [0.25, 0.3) is 0 Å². The third kappa shape index (κ3) is 1.89. The van der Waals surface area contributed by atoms with Gasteiger partial charge < -0.3 is 9.64 Å². The molecular weight excluding hydrogens is 282 g/mol. The Morgan fingerprint density at radius 2 is 2.29 bits per heavy atom. The number of nitrogens with zero attached hydrogens (tertiary/aromatic N) is 1. The highest BCUT2D eigenvalue weighted by Gasteiger charge is 2.40. The van der Waals surface area contributed by atoms with E-state index in [1.165, 1.54) is 0 Å². The van der Waals surface area contributed by atoms with Crippen LogP contribution in [0, 0.1) is 5.92 Å². The molecule has 3 nitrogen and oxygen atoms in total. The lowest BCUT2D eigenvalue weighted by molar-refractivity contribution is 0.0350. The number of ketones is 1. The highest BCUT2D eigenvalue weighted by Crippen LogP contribution is 2.35. The van der Waals surface area contributed by atoms with Gasteiger partial charge in [-0.2, -0.15) is 0 Å². The molecule has 0 bridgehead atoms. The Kier molecular flexibility index (Phi) is 2.71. The number of Topliss-reactive ketones (excluding diaryl/α,β-unsaturated/α-hetero) is 1. The second-order valence-corrected chi connectivity index (χ2v) is 5.73. The number of carbonyl (C=O) groups is 1. The molecule has 0 spiro atoms. The highest BCUT2D eigenvalue weighted by molar-refractivity contribution is 9.10. The van der Waals surface area contributed by atoms with Gasteiger partial charge >= 0.3 is 0 Å². The zero-order valence-corrected chi connectivity index (χ0v) is 11.2. The van der Waals surface area contributed by atoms with Gasteiger partial charge in [0.15, 0.2) is 5.78 Å². The molecule has 2 heterocycles. The van der Waals surface area contributed by atoms with Crippen molar-refractivity contribution in [3.8, 4) is 5.75 Å². The predicted molar refractivity (Wildman–Crippen MR) is 68.5 cm³/mol. The summed E-state index contributed by atoms with van der Waals surface area (Å²) in [4.78, 5) is 14.6. The zero-order chi connectivity index (χ0) is 12.0. The third-order valence-corrected chi connectivity index (χ3v) is 4.07. The van der Waals surface area contributed by atoms with Gasteiger partial charge in [-0.05, 0) is 31.7 Å². The zero-order valence-electron chi connectivity index (χ0n) is 9.65. The first-order valence-corrected chi connectivity index (χ1v) is 6.63. The van der Waals surface area contributed by atoms with Crippen LogP contribution in [0.5, 0.6) is 5.75 Å². The molecular formula is C13H14BrNO2. The largest absolute Gasteiger partial charge is 0.489 e. The molecule has 2 atom stereocenters. The molecule has 2 aliphatic rings. The van der Waals surface area contributed by atoms with Gasteiger partial charge in [-0.3, -0.25) is 4.79 Å². The Bertz CT molecular complexity index is 474. The second-order valence-electron chi connectivity index (χ2n) is 4.82. The van der Waals surface area contributed by atoms with Gasteiger partial charge in [0.2, 0.25) is 0 Å². The smallest absolute Gasteiger partial charge is 0.174 e. The standard InChI is InChI=1S/C13H14BrNO2/c1-15-5-4-12-10(7-15)13(16)9-6-8(14)2-3-11(9)17-12/h2-3,6,10,12H,4-5,7H2,1H3/t10-,12-/m0/s1. The summed E-state index contributed by atoms with van der Waals surface area (Å²) in [5.41, 5.74) is 0.718. The van der Waals surface area contributed by atoms with Gasteiger partial charge in [0, 0.05) is 17.6 Å². The predicted octanol–water partition coefficient (Wildman–Crippen LogP) is 2.34. The van der Waals surface area contributed by atoms with Crippen LogP contribution in [0.2, 0.25) is 0 Å². The van der Waals surface area contributed by atoms with E-state index >= 15 is 0 Å². The van der Waals surface area contributed by atoms with Crippen LogP contribution >= 0.6 is 15.9 Å². The first-order chi connectivity index (χ1) is 8.15. The molecule has 3 rings (SSSR count). The fourth-order valence-electron chi connectivity index (χ4n) is 2.65. The van der Waals surface area contributed by atoms with Gasteiger partial charge in [0.05, 0.1) is 11.5 Å². The van der Waals surface area contributed by atoms with Crippen LogP contribution in [0.3, 0.4) is 0 Å². The number of halogens is 1. The van der Waals surface area contributed by atoms with Crippen LogP contribution in [-0.2, 0) is 0 Å². The summed E-state index contributed by atoms with van der Waals surface area (Å²) in [7, 11) is 2.06. The maximum atomic E-state index is 12.4. The number of likely N-dealkylation sites (tertiary alicyclic amines) is 1. The van der Waals surface area contributed by atoms with E-state index in [2.05, 4.69) is 27.9 Å². The Balaban J connectivity index is 2.00. The maximum Gasteiger partial charge on any atom is 0.174 e. The monoisotopic (exact) mass is 295 g/mol. The minimum Gasteiger partial charge on any atom is -0.489 e. The van der Waals surface area contributed by atoms with Gasteiger partial charge in [0.1, 0.15) is 11.9 Å². The van der Waals surface area contributed by atoms with E-state index in [1.54, 1.807) is 0 Å². The van der Waals surface area contributed by atoms with Crippen molar-refractivity contribution in [2.24, 2.45) is 5.92 Å². The Hall–Kier alpha value is -0.870. The molecule has 0 aliphatic carbocycles. The molecule has 0 unspecified atom stereocenters. The van der Waals surface area contributed by atoms with Crippen LogP contribution in [0.1, 0.15) is 16.8 Å². The number of fused-ring (bicyclic) bond motifs is 2. The third-order valence-electron chi connectivity index (χ3n) is 3.57. The van der Waals surface area contributed by atoms with Gasteiger partial charge in [-0.25, -0.2) is 0 Å². The van der Waals surface area contributed by atoms with Gasteiger partial charge in [-0.15, -0.1) is 0 Å². The molecule has 0 amide bonds. The van der Waals surface area contributed by atoms with E-state index < -0.39 is 0 Å². The molecule has 4 heteroatoms. The van der Waals surface area contributed by atoms with E-state index in [4.69, 9.17) is 4.74 Å². The van der Waals surface area contributed by atoms with Crippen molar-refractivity contribution < 1.29 is 9.53 Å². The quantitative estimate of drug-likeness (QED) is 0.736. The molecule has 17 heavy (non-hydrogen) atoms. The minimum atomic E-state index is -0.00412. The normalized spacial score (nSPS) is 28.2. The summed E-state index contributed by atoms with van der Waals surface area (Å²) in [5.74, 6) is 0.962. The summed E-state index contributed by atoms with van der Waals surface area (Å²) in [6.45, 7) is 1.80. The Labute approximate surface area is 109 Å². The van der Waals surface area contributed by atoms with Crippen LogP contribution in [0.25, 0.3) is 0 Å². The van der Waals surface area contributed by atoms with Crippen molar-refractivity contribution in [1.29, 1.82) is 0 Å². The van der Waals surface area contributed by atoms with Crippen LogP contribution in [0.4, 0.5) is 0 Å². The summed E-state index contributed by atoms with van der Waals surface area (Å²) < 4.78 is 6.87. The fourth-order valence-corrected chi connectivity index (χ4v) is 3.01. The summed E-state index contributed by atoms with van der Waals surface area (Å²) in [6.07, 6.45) is 0.995. The average Bonchev–Trinajstić information content (AvgIpc) is 2.32. The molecule has 1 saturated heterocycles. The molecule has 0 radical (unpaired) electrons. The first kappa shape index (κ1) is 11.2. The van der Waals surface area contributed by atoms with Crippen molar-refractivity contribution in [2.75, 3.05) is 20.1 Å². The van der Waals surface area contributed by atoms with Crippen LogP contribution in [0.15, 0.2) is 22.7 Å². The molecule has 1 fully saturated rings. The number of carbonyl (C=O) groups excluding carboxylic acids is 1. The van der Waals surface area contributed by atoms with Crippen molar-refractivity contribution in [3.05, 3.63) is 28.2 Å². The van der Waals surface area contributed by atoms with Crippen molar-refractivity contribution in [1.82, 2.24) is 4.90 Å². The van der Waals surface area contributed by atoms with Crippen molar-refractivity contribution in [2.45, 2.75) is 12.5 Å². The van der Waals surface area contributed by atoms with Crippen molar-refractivity contribution >= 4 is 21.7 Å². The number of piperidine rings is 1. The Morgan fingerprint density at radius 1 is 1.47 bits per heavy atom. The number of hydrogen-bond donors (Lipinski definition) is 0. The number of hydrogen-bond acceptors (Lipinski definition) is 3. The summed E-state index contributed by atoms with van der Waals surface area (Å²) in [5, 5.41) is 0. The van der Waals surface area contributed by atoms with Crippen LogP contribution < -0.4 is 4.74 Å². The average molecular weight is 296 g/mol. The lowest BCUT2D eigenvalue weighted by Gasteiger charge is -2.39. The molecule has 1 aromatic carbocycles. The highest BCUT2D eigenvalue weighted by atomic mass is 79.9. The Morgan fingerprint density at radius 3 is 3.12 bits per heavy atom. The fraction of sp³-hybridized carbons (Fsp3) is 0.462. The molecule has 0 saturated carbocycles. The lowest BCUT2D eigenvalue weighted by Crippen LogP contribution is -2.49. The number of ether oxygens (including phenoxy) is 1. The first-order valence-electron chi connectivity index (χ1n) is 5.84. The van der Waals surface area contributed by atoms with E-state index in [0.717, 1.165) is 35.3 Å². The summed E-state index contributed by atoms with van der Waals surface area (Å²) in [6, 6.07) is 5.66. The van der Waals surface area contributed by atoms with Gasteiger partial charge in [-0.1, -0.05) is 15.9 Å². The second kappa shape index (κ2) is 4.10. The minimum absolute atomic E-state index is 0.00412. The van der Waals surface area contributed by atoms with Crippen LogP contribution in [-0.4, -0.2) is 36.9 Å². The van der Waals surface area contributed by atoms with E-state index in [1.807, 2.05) is 18.2 Å². The van der Waals surface area contributed by atoms with E-state index in [0.29, 0.717) is 0 Å². The maximum absolute atomic E-state index is 12.4. The molecule has 1 aromatic rings. The molecule has 90 valence electrons.